The summed E-state index contributed by atoms with van der Waals surface area (Å²) in [6.07, 6.45) is 1.34. The number of sulfonamides is 1. The zero-order valence-corrected chi connectivity index (χ0v) is 13.5. The molecule has 0 atom stereocenters. The number of ether oxygens (including phenoxy) is 2. The number of rotatable bonds is 7. The molecule has 1 aromatic rings. The molecule has 0 unspecified atom stereocenters. The molecule has 1 aliphatic rings. The van der Waals surface area contributed by atoms with Crippen molar-refractivity contribution < 1.29 is 22.7 Å². The van der Waals surface area contributed by atoms with E-state index >= 15 is 0 Å². The maximum atomic E-state index is 11.9. The Hall–Kier alpha value is -1.80. The fourth-order valence-electron chi connectivity index (χ4n) is 2.29. The normalized spacial score (nSPS) is 15.2. The van der Waals surface area contributed by atoms with Crippen LogP contribution in [0.3, 0.4) is 0 Å². The number of carbonyl (C=O) groups is 1. The van der Waals surface area contributed by atoms with Gasteiger partial charge in [0.05, 0.1) is 30.8 Å². The van der Waals surface area contributed by atoms with Gasteiger partial charge in [-0.25, -0.2) is 8.42 Å². The van der Waals surface area contributed by atoms with Gasteiger partial charge in [0.25, 0.3) is 0 Å². The summed E-state index contributed by atoms with van der Waals surface area (Å²) in [5.74, 6) is 0.381. The summed E-state index contributed by atoms with van der Waals surface area (Å²) < 4.78 is 36.2. The van der Waals surface area contributed by atoms with Gasteiger partial charge in [0.15, 0.2) is 0 Å². The molecular formula is C14H20N2O5S. The topological polar surface area (TPSA) is 84.9 Å². The van der Waals surface area contributed by atoms with Gasteiger partial charge in [-0.1, -0.05) is 0 Å². The SMILES string of the molecule is COCCS(=O)(=O)Nc1ccc(N2CCCC2=O)c(OC)c1. The standard InChI is InChI=1S/C14H20N2O5S/c1-20-8-9-22(18,19)15-11-5-6-12(13(10-11)21-2)16-7-3-4-14(16)17/h5-6,10,15H,3-4,7-9H2,1-2H3. The lowest BCUT2D eigenvalue weighted by Gasteiger charge is -2.19. The molecule has 0 spiro atoms. The van der Waals surface area contributed by atoms with Crippen LogP contribution in [0, 0.1) is 0 Å². The Morgan fingerprint density at radius 1 is 1.32 bits per heavy atom. The molecule has 8 heteroatoms. The number of carbonyl (C=O) groups excluding carboxylic acids is 1. The van der Waals surface area contributed by atoms with Gasteiger partial charge in [0.2, 0.25) is 15.9 Å². The van der Waals surface area contributed by atoms with E-state index in [0.717, 1.165) is 6.42 Å². The van der Waals surface area contributed by atoms with Gasteiger partial charge in [-0.3, -0.25) is 9.52 Å². The second-order valence-corrected chi connectivity index (χ2v) is 6.79. The molecule has 0 aromatic heterocycles. The third-order valence-corrected chi connectivity index (χ3v) is 4.62. The van der Waals surface area contributed by atoms with Gasteiger partial charge in [-0.2, -0.15) is 0 Å². The molecule has 0 radical (unpaired) electrons. The Kier molecular flexibility index (Phi) is 5.25. The highest BCUT2D eigenvalue weighted by Gasteiger charge is 2.24. The smallest absolute Gasteiger partial charge is 0.235 e. The van der Waals surface area contributed by atoms with Gasteiger partial charge < -0.3 is 14.4 Å². The lowest BCUT2D eigenvalue weighted by atomic mass is 10.2. The van der Waals surface area contributed by atoms with Crippen molar-refractivity contribution in [2.45, 2.75) is 12.8 Å². The monoisotopic (exact) mass is 328 g/mol. The third-order valence-electron chi connectivity index (χ3n) is 3.37. The summed E-state index contributed by atoms with van der Waals surface area (Å²) in [5.41, 5.74) is 1.05. The zero-order chi connectivity index (χ0) is 16.2. The third kappa shape index (κ3) is 3.89. The van der Waals surface area contributed by atoms with E-state index in [4.69, 9.17) is 9.47 Å². The Morgan fingerprint density at radius 3 is 2.68 bits per heavy atom. The predicted molar refractivity (Wildman–Crippen MR) is 83.9 cm³/mol. The van der Waals surface area contributed by atoms with Crippen molar-refractivity contribution in [1.82, 2.24) is 0 Å². The maximum absolute atomic E-state index is 11.9. The molecule has 22 heavy (non-hydrogen) atoms. The first-order valence-corrected chi connectivity index (χ1v) is 8.60. The zero-order valence-electron chi connectivity index (χ0n) is 12.7. The summed E-state index contributed by atoms with van der Waals surface area (Å²) >= 11 is 0. The first-order valence-electron chi connectivity index (χ1n) is 6.94. The molecule has 0 bridgehead atoms. The molecule has 7 nitrogen and oxygen atoms in total. The molecule has 122 valence electrons. The van der Waals surface area contributed by atoms with E-state index in [9.17, 15) is 13.2 Å². The van der Waals surface area contributed by atoms with Crippen molar-refractivity contribution in [3.63, 3.8) is 0 Å². The van der Waals surface area contributed by atoms with Crippen LogP contribution in [-0.2, 0) is 19.6 Å². The summed E-state index contributed by atoms with van der Waals surface area (Å²) in [7, 11) is -0.542. The first kappa shape index (κ1) is 16.6. The van der Waals surface area contributed by atoms with Crippen molar-refractivity contribution in [2.24, 2.45) is 0 Å². The van der Waals surface area contributed by atoms with E-state index in [1.165, 1.54) is 14.2 Å². The lowest BCUT2D eigenvalue weighted by Crippen LogP contribution is -2.24. The summed E-state index contributed by atoms with van der Waals surface area (Å²) in [6, 6.07) is 4.88. The van der Waals surface area contributed by atoms with Crippen molar-refractivity contribution in [2.75, 3.05) is 42.7 Å². The van der Waals surface area contributed by atoms with Gasteiger partial charge in [-0.15, -0.1) is 0 Å². The number of hydrogen-bond acceptors (Lipinski definition) is 5. The summed E-state index contributed by atoms with van der Waals surface area (Å²) in [6.45, 7) is 0.765. The molecule has 1 aliphatic heterocycles. The van der Waals surface area contributed by atoms with E-state index in [0.29, 0.717) is 30.1 Å². The van der Waals surface area contributed by atoms with E-state index in [-0.39, 0.29) is 18.3 Å². The number of hydrogen-bond donors (Lipinski definition) is 1. The van der Waals surface area contributed by atoms with Crippen LogP contribution >= 0.6 is 0 Å². The molecule has 2 rings (SSSR count). The fourth-order valence-corrected chi connectivity index (χ4v) is 3.26. The van der Waals surface area contributed by atoms with Crippen molar-refractivity contribution in [3.8, 4) is 5.75 Å². The van der Waals surface area contributed by atoms with Crippen LogP contribution in [0.25, 0.3) is 0 Å². The van der Waals surface area contributed by atoms with Gasteiger partial charge in [0.1, 0.15) is 5.75 Å². The van der Waals surface area contributed by atoms with E-state index in [1.54, 1.807) is 23.1 Å². The van der Waals surface area contributed by atoms with Crippen molar-refractivity contribution in [3.05, 3.63) is 18.2 Å². The van der Waals surface area contributed by atoms with Crippen LogP contribution in [0.2, 0.25) is 0 Å². The minimum absolute atomic E-state index is 0.0479. The number of benzene rings is 1. The van der Waals surface area contributed by atoms with Gasteiger partial charge in [-0.05, 0) is 18.6 Å². The predicted octanol–water partition coefficient (Wildman–Crippen LogP) is 1.21. The molecule has 1 aromatic carbocycles. The Bertz CT molecular complexity index is 645. The summed E-state index contributed by atoms with van der Waals surface area (Å²) in [4.78, 5) is 13.5. The summed E-state index contributed by atoms with van der Waals surface area (Å²) in [5, 5.41) is 0. The molecule has 1 amide bonds. The van der Waals surface area contributed by atoms with Crippen LogP contribution < -0.4 is 14.4 Å². The molecule has 0 saturated carbocycles. The maximum Gasteiger partial charge on any atom is 0.235 e. The van der Waals surface area contributed by atoms with E-state index in [1.807, 2.05) is 0 Å². The highest BCUT2D eigenvalue weighted by atomic mass is 32.2. The average Bonchev–Trinajstić information content (AvgIpc) is 2.90. The van der Waals surface area contributed by atoms with Crippen molar-refractivity contribution in [1.29, 1.82) is 0 Å². The Balaban J connectivity index is 2.20. The minimum atomic E-state index is -3.48. The van der Waals surface area contributed by atoms with Crippen LogP contribution in [0.1, 0.15) is 12.8 Å². The molecule has 1 fully saturated rings. The van der Waals surface area contributed by atoms with E-state index in [2.05, 4.69) is 4.72 Å². The molecule has 1 saturated heterocycles. The number of nitrogens with one attached hydrogen (secondary N) is 1. The Labute approximate surface area is 130 Å². The van der Waals surface area contributed by atoms with Crippen molar-refractivity contribution >= 4 is 27.3 Å². The van der Waals surface area contributed by atoms with Crippen LogP contribution in [-0.4, -0.2) is 47.4 Å². The number of nitrogens with zero attached hydrogens (tertiary/aromatic N) is 1. The van der Waals surface area contributed by atoms with Crippen LogP contribution in [0.15, 0.2) is 18.2 Å². The Morgan fingerprint density at radius 2 is 2.09 bits per heavy atom. The molecule has 0 aliphatic carbocycles. The number of amides is 1. The number of methoxy groups -OCH3 is 2. The van der Waals surface area contributed by atoms with Crippen LogP contribution in [0.5, 0.6) is 5.75 Å². The molecule has 1 N–H and O–H groups in total. The quantitative estimate of drug-likeness (QED) is 0.813. The first-order chi connectivity index (χ1) is 10.5. The molecular weight excluding hydrogens is 308 g/mol. The lowest BCUT2D eigenvalue weighted by molar-refractivity contribution is -0.117. The minimum Gasteiger partial charge on any atom is -0.494 e. The highest BCUT2D eigenvalue weighted by Crippen LogP contribution is 2.34. The second-order valence-electron chi connectivity index (χ2n) is 4.95. The van der Waals surface area contributed by atoms with Gasteiger partial charge >= 0.3 is 0 Å². The second kappa shape index (κ2) is 6.97. The van der Waals surface area contributed by atoms with E-state index < -0.39 is 10.0 Å². The fraction of sp³-hybridized carbons (Fsp3) is 0.500. The molecule has 1 heterocycles. The number of anilines is 2. The highest BCUT2D eigenvalue weighted by molar-refractivity contribution is 7.92. The van der Waals surface area contributed by atoms with Crippen LogP contribution in [0.4, 0.5) is 11.4 Å². The largest absolute Gasteiger partial charge is 0.494 e. The average molecular weight is 328 g/mol. The van der Waals surface area contributed by atoms with Gasteiger partial charge in [0, 0.05) is 26.1 Å².